The Kier molecular flexibility index (Phi) is 6.80. The summed E-state index contributed by atoms with van der Waals surface area (Å²) in [7, 11) is 0. The summed E-state index contributed by atoms with van der Waals surface area (Å²) < 4.78 is 81.7. The summed E-state index contributed by atoms with van der Waals surface area (Å²) in [5, 5.41) is 10.4. The Labute approximate surface area is 252 Å². The zero-order valence-electron chi connectivity index (χ0n) is 24.1. The molecule has 3 aliphatic carbocycles. The molecule has 1 saturated heterocycles. The molecular formula is C33H25F6NO5. The van der Waals surface area contributed by atoms with E-state index in [1.165, 1.54) is 13.0 Å². The topological polar surface area (TPSA) is 91.8 Å². The Hall–Kier alpha value is -4.48. The van der Waals surface area contributed by atoms with Crippen LogP contribution in [0.4, 0.5) is 32.0 Å². The van der Waals surface area contributed by atoms with Crippen LogP contribution < -0.4 is 4.90 Å². The third-order valence-electron chi connectivity index (χ3n) is 9.24. The van der Waals surface area contributed by atoms with E-state index in [9.17, 15) is 50.6 Å². The molecule has 2 amide bonds. The van der Waals surface area contributed by atoms with Crippen molar-refractivity contribution in [1.29, 1.82) is 0 Å². The molecule has 6 nitrogen and oxygen atoms in total. The first-order valence-electron chi connectivity index (χ1n) is 14.1. The lowest BCUT2D eigenvalue weighted by Crippen LogP contribution is -2.40. The molecule has 2 aromatic rings. The molecule has 0 bridgehead atoms. The Bertz CT molecular complexity index is 1770. The molecule has 0 radical (unpaired) electrons. The number of fused-ring (bicyclic) bond motifs is 3. The van der Waals surface area contributed by atoms with Gasteiger partial charge in [-0.3, -0.25) is 19.2 Å². The number of aryl methyl sites for hydroxylation is 2. The van der Waals surface area contributed by atoms with Crippen molar-refractivity contribution >= 4 is 29.1 Å². The molecule has 1 heterocycles. The van der Waals surface area contributed by atoms with Crippen molar-refractivity contribution in [3.63, 3.8) is 0 Å². The van der Waals surface area contributed by atoms with E-state index in [0.29, 0.717) is 39.3 Å². The number of halogens is 6. The Morgan fingerprint density at radius 3 is 1.93 bits per heavy atom. The van der Waals surface area contributed by atoms with Crippen LogP contribution in [0.5, 0.6) is 5.75 Å². The van der Waals surface area contributed by atoms with Gasteiger partial charge in [-0.25, -0.2) is 4.90 Å². The average Bonchev–Trinajstić information content (AvgIpc) is 3.21. The number of nitrogens with zero attached hydrogens (tertiary/aromatic N) is 1. The fourth-order valence-electron chi connectivity index (χ4n) is 7.22. The van der Waals surface area contributed by atoms with Crippen LogP contribution in [-0.4, -0.2) is 28.5 Å². The predicted molar refractivity (Wildman–Crippen MR) is 148 cm³/mol. The van der Waals surface area contributed by atoms with Gasteiger partial charge in [0.2, 0.25) is 11.8 Å². The summed E-state index contributed by atoms with van der Waals surface area (Å²) in [5.74, 6) is -6.70. The maximum Gasteiger partial charge on any atom is 0.416 e. The lowest BCUT2D eigenvalue weighted by molar-refractivity contribution is -0.143. The van der Waals surface area contributed by atoms with Gasteiger partial charge >= 0.3 is 12.4 Å². The Balaban J connectivity index is 1.49. The van der Waals surface area contributed by atoms with E-state index in [4.69, 9.17) is 0 Å². The van der Waals surface area contributed by atoms with Crippen molar-refractivity contribution in [3.8, 4) is 5.75 Å². The number of allylic oxidation sites excluding steroid dienone is 6. The quantitative estimate of drug-likeness (QED) is 0.173. The van der Waals surface area contributed by atoms with E-state index < -0.39 is 70.4 Å². The van der Waals surface area contributed by atoms with Gasteiger partial charge in [0.25, 0.3) is 0 Å². The number of rotatable bonds is 2. The second-order valence-corrected chi connectivity index (χ2v) is 12.0. The van der Waals surface area contributed by atoms with Crippen LogP contribution in [0.15, 0.2) is 64.8 Å². The van der Waals surface area contributed by atoms with Crippen LogP contribution in [0.1, 0.15) is 53.5 Å². The van der Waals surface area contributed by atoms with Gasteiger partial charge < -0.3 is 5.11 Å². The van der Waals surface area contributed by atoms with Crippen LogP contribution in [0.2, 0.25) is 0 Å². The molecule has 1 fully saturated rings. The third kappa shape index (κ3) is 4.72. The van der Waals surface area contributed by atoms with Gasteiger partial charge in [0, 0.05) is 22.6 Å². The van der Waals surface area contributed by atoms with Crippen molar-refractivity contribution < 1.29 is 50.6 Å². The number of benzene rings is 2. The highest BCUT2D eigenvalue weighted by Gasteiger charge is 2.57. The van der Waals surface area contributed by atoms with E-state index >= 15 is 0 Å². The third-order valence-corrected chi connectivity index (χ3v) is 9.24. The molecule has 4 aliphatic rings. The minimum absolute atomic E-state index is 0.0339. The summed E-state index contributed by atoms with van der Waals surface area (Å²) in [6.07, 6.45) is -7.69. The fraction of sp³-hybridized carbons (Fsp3) is 0.333. The molecule has 0 spiro atoms. The number of ketones is 2. The van der Waals surface area contributed by atoms with E-state index in [2.05, 4.69) is 0 Å². The summed E-state index contributed by atoms with van der Waals surface area (Å²) >= 11 is 0. The van der Waals surface area contributed by atoms with Crippen molar-refractivity contribution in [2.24, 2.45) is 17.8 Å². The summed E-state index contributed by atoms with van der Waals surface area (Å²) in [6, 6.07) is 3.94. The minimum atomic E-state index is -5.19. The molecule has 0 aromatic heterocycles. The van der Waals surface area contributed by atoms with Crippen molar-refractivity contribution in [2.75, 3.05) is 4.90 Å². The molecule has 6 rings (SSSR count). The molecule has 2 aromatic carbocycles. The first-order valence-corrected chi connectivity index (χ1v) is 14.1. The van der Waals surface area contributed by atoms with Crippen LogP contribution in [0, 0.1) is 31.6 Å². The second kappa shape index (κ2) is 10.0. The molecule has 1 N–H and O–H groups in total. The zero-order chi connectivity index (χ0) is 32.9. The van der Waals surface area contributed by atoms with E-state index in [1.54, 1.807) is 32.1 Å². The normalized spacial score (nSPS) is 25.2. The molecule has 12 heteroatoms. The summed E-state index contributed by atoms with van der Waals surface area (Å²) in [5.41, 5.74) is -1.51. The van der Waals surface area contributed by atoms with Crippen LogP contribution in [0.3, 0.4) is 0 Å². The van der Waals surface area contributed by atoms with Crippen LogP contribution >= 0.6 is 0 Å². The number of Topliss-reactive ketones (excluding diaryl/α,β-unsaturated/α-hetero) is 1. The number of hydrogen-bond donors (Lipinski definition) is 1. The SMILES string of the molecule is CC1=CC(=O)C2=C(C1=O)[C@@H](c1cc(C)c(O)c(C)c1)C1=CC[C@@H]3C(=O)N(c4cc(C(F)(F)F)cc(C(F)(F)F)c4)C(=O)[C@@H]3[C@@H]1C2. The smallest absolute Gasteiger partial charge is 0.416 e. The maximum absolute atomic E-state index is 14.0. The van der Waals surface area contributed by atoms with Gasteiger partial charge in [-0.15, -0.1) is 0 Å². The van der Waals surface area contributed by atoms with Gasteiger partial charge in [-0.1, -0.05) is 23.8 Å². The van der Waals surface area contributed by atoms with Crippen molar-refractivity contribution in [1.82, 2.24) is 0 Å². The highest BCUT2D eigenvalue weighted by Crippen LogP contribution is 2.56. The lowest BCUT2D eigenvalue weighted by atomic mass is 9.59. The number of imide groups is 1. The van der Waals surface area contributed by atoms with Crippen molar-refractivity contribution in [2.45, 2.75) is 51.9 Å². The number of phenols is 1. The minimum Gasteiger partial charge on any atom is -0.507 e. The number of carbonyl (C=O) groups excluding carboxylic acids is 4. The molecular weight excluding hydrogens is 604 g/mol. The first kappa shape index (κ1) is 30.5. The lowest BCUT2D eigenvalue weighted by Gasteiger charge is -2.42. The van der Waals surface area contributed by atoms with Gasteiger partial charge in [-0.2, -0.15) is 26.3 Å². The van der Waals surface area contributed by atoms with Gasteiger partial charge in [0.1, 0.15) is 5.75 Å². The first-order chi connectivity index (χ1) is 20.9. The molecule has 4 atom stereocenters. The van der Waals surface area contributed by atoms with Gasteiger partial charge in [0.05, 0.1) is 28.7 Å². The largest absolute Gasteiger partial charge is 0.507 e. The monoisotopic (exact) mass is 629 g/mol. The zero-order valence-corrected chi connectivity index (χ0v) is 24.1. The van der Waals surface area contributed by atoms with Gasteiger partial charge in [0.15, 0.2) is 11.6 Å². The average molecular weight is 630 g/mol. The Morgan fingerprint density at radius 2 is 1.38 bits per heavy atom. The number of alkyl halides is 6. The molecule has 45 heavy (non-hydrogen) atoms. The molecule has 0 saturated carbocycles. The van der Waals surface area contributed by atoms with Gasteiger partial charge in [-0.05, 0) is 80.5 Å². The second-order valence-electron chi connectivity index (χ2n) is 12.0. The number of anilines is 1. The maximum atomic E-state index is 14.0. The van der Waals surface area contributed by atoms with E-state index in [0.717, 1.165) is 0 Å². The molecule has 234 valence electrons. The molecule has 1 aliphatic heterocycles. The summed E-state index contributed by atoms with van der Waals surface area (Å²) in [6.45, 7) is 4.83. The number of aromatic hydroxyl groups is 1. The van der Waals surface area contributed by atoms with Crippen molar-refractivity contribution in [3.05, 3.63) is 92.6 Å². The van der Waals surface area contributed by atoms with Crippen LogP contribution in [-0.2, 0) is 31.5 Å². The van der Waals surface area contributed by atoms with E-state index in [1.807, 2.05) is 0 Å². The van der Waals surface area contributed by atoms with Crippen LogP contribution in [0.25, 0.3) is 0 Å². The summed E-state index contributed by atoms with van der Waals surface area (Å²) in [4.78, 5) is 54.8. The van der Waals surface area contributed by atoms with E-state index in [-0.39, 0.29) is 47.2 Å². The number of phenolic OH excluding ortho intramolecular Hbond substituents is 1. The standard InChI is InChI=1S/C33H25F6NO5/c1-13-6-16(7-14(2)28(13)42)25-20-4-5-21-26(22(20)12-23-24(41)8-15(3)29(43)27(23)25)31(45)40(30(21)44)19-10-17(32(34,35)36)9-18(11-19)33(37,38)39/h4,6-11,21-22,25-26,42H,5,12H2,1-3H3/t21-,22+,25-,26-/m0/s1. The number of amides is 2. The predicted octanol–water partition coefficient (Wildman–Crippen LogP) is 6.68. The number of hydrogen-bond acceptors (Lipinski definition) is 5. The fourth-order valence-corrected chi connectivity index (χ4v) is 7.22. The number of carbonyl (C=O) groups is 4. The Morgan fingerprint density at radius 1 is 0.800 bits per heavy atom. The molecule has 0 unspecified atom stereocenters. The highest BCUT2D eigenvalue weighted by atomic mass is 19.4. The highest BCUT2D eigenvalue weighted by molar-refractivity contribution is 6.25.